The number of hydrogen-bond acceptors (Lipinski definition) is 4. The molecule has 0 spiro atoms. The number of aromatic nitrogens is 2. The fourth-order valence-electron chi connectivity index (χ4n) is 2.32. The van der Waals surface area contributed by atoms with E-state index in [1.165, 1.54) is 18.5 Å². The molecular weight excluding hydrogens is 391 g/mol. The molecule has 0 aliphatic rings. The maximum Gasteiger partial charge on any atom is 0.231 e. The molecule has 2 aromatic heterocycles. The van der Waals surface area contributed by atoms with Gasteiger partial charge in [0.1, 0.15) is 22.7 Å². The molecule has 0 bridgehead atoms. The van der Waals surface area contributed by atoms with Gasteiger partial charge in [-0.1, -0.05) is 30.3 Å². The number of fused-ring (bicyclic) bond motifs is 1. The Morgan fingerprint density at radius 3 is 2.62 bits per heavy atom. The standard InChI is InChI=1S/C18H10BrFN2OS/c19-14-8-12(20)6-7-15(14)23-17-13-9-16(11-4-2-1-3-5-11)24-18(13)22-10-21-17/h1-10H. The summed E-state index contributed by atoms with van der Waals surface area (Å²) in [6.45, 7) is 0. The van der Waals surface area contributed by atoms with Crippen LogP contribution in [0.25, 0.3) is 20.7 Å². The molecule has 0 amide bonds. The van der Waals surface area contributed by atoms with Crippen molar-refractivity contribution in [2.45, 2.75) is 0 Å². The van der Waals surface area contributed by atoms with Gasteiger partial charge in [0.2, 0.25) is 5.88 Å². The SMILES string of the molecule is Fc1ccc(Oc2ncnc3sc(-c4ccccc4)cc23)c(Br)c1. The van der Waals surface area contributed by atoms with Crippen molar-refractivity contribution in [1.29, 1.82) is 0 Å². The van der Waals surface area contributed by atoms with Gasteiger partial charge in [-0.05, 0) is 45.8 Å². The van der Waals surface area contributed by atoms with Crippen molar-refractivity contribution >= 4 is 37.5 Å². The molecule has 0 atom stereocenters. The van der Waals surface area contributed by atoms with Gasteiger partial charge < -0.3 is 4.74 Å². The van der Waals surface area contributed by atoms with Gasteiger partial charge in [0, 0.05) is 4.88 Å². The molecule has 0 fully saturated rings. The first-order valence-electron chi connectivity index (χ1n) is 7.13. The van der Waals surface area contributed by atoms with Gasteiger partial charge >= 0.3 is 0 Å². The highest BCUT2D eigenvalue weighted by molar-refractivity contribution is 9.10. The van der Waals surface area contributed by atoms with E-state index in [2.05, 4.69) is 38.0 Å². The van der Waals surface area contributed by atoms with Crippen molar-refractivity contribution < 1.29 is 9.13 Å². The normalized spacial score (nSPS) is 10.9. The van der Waals surface area contributed by atoms with Crippen molar-refractivity contribution in [3.8, 4) is 22.1 Å². The second-order valence-electron chi connectivity index (χ2n) is 5.05. The molecule has 0 unspecified atom stereocenters. The summed E-state index contributed by atoms with van der Waals surface area (Å²) in [6, 6.07) is 16.4. The highest BCUT2D eigenvalue weighted by Crippen LogP contribution is 2.38. The van der Waals surface area contributed by atoms with E-state index < -0.39 is 0 Å². The molecule has 4 rings (SSSR count). The van der Waals surface area contributed by atoms with Gasteiger partial charge in [-0.15, -0.1) is 11.3 Å². The minimum atomic E-state index is -0.330. The van der Waals surface area contributed by atoms with Crippen LogP contribution in [-0.4, -0.2) is 9.97 Å². The second-order valence-corrected chi connectivity index (χ2v) is 6.94. The third kappa shape index (κ3) is 2.90. The quantitative estimate of drug-likeness (QED) is 0.419. The number of nitrogens with zero attached hydrogens (tertiary/aromatic N) is 2. The third-order valence-electron chi connectivity index (χ3n) is 3.45. The van der Waals surface area contributed by atoms with E-state index in [0.717, 1.165) is 20.7 Å². The molecule has 0 saturated carbocycles. The van der Waals surface area contributed by atoms with Crippen molar-refractivity contribution in [2.24, 2.45) is 0 Å². The average molecular weight is 401 g/mol. The lowest BCUT2D eigenvalue weighted by atomic mass is 10.2. The summed E-state index contributed by atoms with van der Waals surface area (Å²) in [5.74, 6) is 0.624. The lowest BCUT2D eigenvalue weighted by molar-refractivity contribution is 0.463. The Labute approximate surface area is 149 Å². The zero-order valence-electron chi connectivity index (χ0n) is 12.2. The average Bonchev–Trinajstić information content (AvgIpc) is 3.03. The topological polar surface area (TPSA) is 35.0 Å². The molecular formula is C18H10BrFN2OS. The molecule has 3 nitrogen and oxygen atoms in total. The van der Waals surface area contributed by atoms with E-state index in [0.29, 0.717) is 16.1 Å². The summed E-state index contributed by atoms with van der Waals surface area (Å²) in [5, 5.41) is 0.831. The Morgan fingerprint density at radius 2 is 1.83 bits per heavy atom. The molecule has 4 aromatic rings. The van der Waals surface area contributed by atoms with E-state index >= 15 is 0 Å². The first-order chi connectivity index (χ1) is 11.7. The number of ether oxygens (including phenoxy) is 1. The van der Waals surface area contributed by atoms with E-state index in [4.69, 9.17) is 4.74 Å². The van der Waals surface area contributed by atoms with Crippen LogP contribution in [0.1, 0.15) is 0 Å². The fourth-order valence-corrected chi connectivity index (χ4v) is 3.75. The molecule has 0 radical (unpaired) electrons. The Kier molecular flexibility index (Phi) is 4.00. The van der Waals surface area contributed by atoms with Gasteiger partial charge in [-0.3, -0.25) is 0 Å². The summed E-state index contributed by atoms with van der Waals surface area (Å²) in [6.07, 6.45) is 1.47. The maximum absolute atomic E-state index is 13.2. The van der Waals surface area contributed by atoms with E-state index in [-0.39, 0.29) is 5.82 Å². The Balaban J connectivity index is 1.77. The predicted octanol–water partition coefficient (Wildman–Crippen LogP) is 6.05. The minimum Gasteiger partial charge on any atom is -0.437 e. The molecule has 0 N–H and O–H groups in total. The summed E-state index contributed by atoms with van der Waals surface area (Å²) >= 11 is 4.88. The van der Waals surface area contributed by atoms with Crippen LogP contribution in [0.3, 0.4) is 0 Å². The predicted molar refractivity (Wildman–Crippen MR) is 97.0 cm³/mol. The molecule has 118 valence electrons. The minimum absolute atomic E-state index is 0.330. The first kappa shape index (κ1) is 15.2. The summed E-state index contributed by atoms with van der Waals surface area (Å²) in [4.78, 5) is 10.5. The number of thiophene rings is 1. The van der Waals surface area contributed by atoms with E-state index in [9.17, 15) is 4.39 Å². The Hall–Kier alpha value is -2.31. The third-order valence-corrected chi connectivity index (χ3v) is 5.16. The summed E-state index contributed by atoms with van der Waals surface area (Å²) in [7, 11) is 0. The highest BCUT2D eigenvalue weighted by Gasteiger charge is 2.13. The lowest BCUT2D eigenvalue weighted by Gasteiger charge is -2.07. The van der Waals surface area contributed by atoms with Gasteiger partial charge in [0.05, 0.1) is 9.86 Å². The van der Waals surface area contributed by atoms with Gasteiger partial charge in [0.25, 0.3) is 0 Å². The Morgan fingerprint density at radius 1 is 1.00 bits per heavy atom. The molecule has 6 heteroatoms. The van der Waals surface area contributed by atoms with Gasteiger partial charge in [-0.2, -0.15) is 0 Å². The van der Waals surface area contributed by atoms with Crippen molar-refractivity contribution in [2.75, 3.05) is 0 Å². The zero-order chi connectivity index (χ0) is 16.5. The second kappa shape index (κ2) is 6.30. The fraction of sp³-hybridized carbons (Fsp3) is 0. The van der Waals surface area contributed by atoms with Gasteiger partial charge in [-0.25, -0.2) is 14.4 Å². The van der Waals surface area contributed by atoms with Gasteiger partial charge in [0.15, 0.2) is 0 Å². The van der Waals surface area contributed by atoms with Crippen LogP contribution in [0.5, 0.6) is 11.6 Å². The summed E-state index contributed by atoms with van der Waals surface area (Å²) < 4.78 is 19.6. The number of benzene rings is 2. The van der Waals surface area contributed by atoms with Crippen molar-refractivity contribution in [1.82, 2.24) is 9.97 Å². The van der Waals surface area contributed by atoms with Crippen LogP contribution in [0.4, 0.5) is 4.39 Å². The van der Waals surface area contributed by atoms with Crippen LogP contribution < -0.4 is 4.74 Å². The number of rotatable bonds is 3. The van der Waals surface area contributed by atoms with Crippen LogP contribution in [0.15, 0.2) is 65.4 Å². The number of hydrogen-bond donors (Lipinski definition) is 0. The smallest absolute Gasteiger partial charge is 0.231 e. The monoisotopic (exact) mass is 400 g/mol. The van der Waals surface area contributed by atoms with E-state index in [1.807, 2.05) is 24.3 Å². The first-order valence-corrected chi connectivity index (χ1v) is 8.74. The van der Waals surface area contributed by atoms with Crippen molar-refractivity contribution in [3.05, 3.63) is 71.2 Å². The lowest BCUT2D eigenvalue weighted by Crippen LogP contribution is -1.90. The maximum atomic E-state index is 13.2. The van der Waals surface area contributed by atoms with E-state index in [1.54, 1.807) is 17.4 Å². The highest BCUT2D eigenvalue weighted by atomic mass is 79.9. The van der Waals surface area contributed by atoms with Crippen LogP contribution >= 0.6 is 27.3 Å². The molecule has 0 saturated heterocycles. The largest absolute Gasteiger partial charge is 0.437 e. The molecule has 0 aliphatic carbocycles. The van der Waals surface area contributed by atoms with Crippen LogP contribution in [-0.2, 0) is 0 Å². The van der Waals surface area contributed by atoms with Crippen LogP contribution in [0.2, 0.25) is 0 Å². The number of halogens is 2. The zero-order valence-corrected chi connectivity index (χ0v) is 14.6. The molecule has 24 heavy (non-hydrogen) atoms. The van der Waals surface area contributed by atoms with Crippen LogP contribution in [0, 0.1) is 5.82 Å². The Bertz CT molecular complexity index is 1020. The molecule has 0 aliphatic heterocycles. The molecule has 2 aromatic carbocycles. The van der Waals surface area contributed by atoms with Crippen molar-refractivity contribution in [3.63, 3.8) is 0 Å². The summed E-state index contributed by atoms with van der Waals surface area (Å²) in [5.41, 5.74) is 1.12. The molecule has 2 heterocycles.